The Morgan fingerprint density at radius 3 is 1.43 bits per heavy atom. The zero-order chi connectivity index (χ0) is 5.21. The zero-order valence-corrected chi connectivity index (χ0v) is 6.52. The van der Waals surface area contributed by atoms with Crippen molar-refractivity contribution in [3.8, 4) is 0 Å². The third-order valence-electron chi connectivity index (χ3n) is 0.200. The van der Waals surface area contributed by atoms with Gasteiger partial charge in [-0.2, -0.15) is 0 Å². The molecular weight excluding hydrogens is 158 g/mol. The number of rotatable bonds is 0. The molecule has 0 saturated carbocycles. The minimum Gasteiger partial charge on any atom is -0.396 e. The molecule has 0 heterocycles. The summed E-state index contributed by atoms with van der Waals surface area (Å²) in [7, 11) is 0. The van der Waals surface area contributed by atoms with Crippen molar-refractivity contribution in [3.05, 3.63) is 12.7 Å². The minimum atomic E-state index is -4.32. The smallest absolute Gasteiger partial charge is 0.265 e. The molecule has 0 aliphatic carbocycles. The number of halogens is 3. The Balaban J connectivity index is 0. The molecule has 0 fully saturated rings. The number of alkyl halides is 3. The normalized spacial score (nSPS) is 9.57. The standard InChI is InChI=1S/C3H2F3.Zn/c1-2-3(4,5)6;/h1H2;/q-1;. The van der Waals surface area contributed by atoms with Crippen LogP contribution < -0.4 is 0 Å². The Kier molecular flexibility index (Phi) is 4.65. The third-order valence-corrected chi connectivity index (χ3v) is 0.200. The summed E-state index contributed by atoms with van der Waals surface area (Å²) in [5.74, 6) is 0. The van der Waals surface area contributed by atoms with Crippen molar-refractivity contribution in [2.75, 3.05) is 0 Å². The predicted octanol–water partition coefficient (Wildman–Crippen LogP) is 1.54. The molecule has 0 nitrogen and oxygen atoms in total. The summed E-state index contributed by atoms with van der Waals surface area (Å²) in [4.78, 5) is 0. The van der Waals surface area contributed by atoms with Crippen molar-refractivity contribution in [1.29, 1.82) is 0 Å². The summed E-state index contributed by atoms with van der Waals surface area (Å²) < 4.78 is 31.8. The van der Waals surface area contributed by atoms with E-state index in [1.54, 1.807) is 0 Å². The van der Waals surface area contributed by atoms with Crippen molar-refractivity contribution in [2.24, 2.45) is 0 Å². The van der Waals surface area contributed by atoms with Crippen LogP contribution in [0, 0.1) is 6.08 Å². The monoisotopic (exact) mass is 159 g/mol. The maximum Gasteiger partial charge on any atom is 0.265 e. The third kappa shape index (κ3) is 10.7. The van der Waals surface area contributed by atoms with Crippen LogP contribution in [-0.4, -0.2) is 6.18 Å². The maximum absolute atomic E-state index is 10.6. The van der Waals surface area contributed by atoms with Crippen molar-refractivity contribution >= 4 is 0 Å². The Bertz CT molecular complexity index is 55.7. The van der Waals surface area contributed by atoms with Gasteiger partial charge in [-0.3, -0.25) is 6.58 Å². The molecule has 0 atom stereocenters. The molecule has 0 bridgehead atoms. The molecule has 0 aromatic heterocycles. The second-order valence-electron chi connectivity index (χ2n) is 0.675. The van der Waals surface area contributed by atoms with Gasteiger partial charge in [-0.05, 0) is 0 Å². The molecule has 0 aromatic rings. The summed E-state index contributed by atoms with van der Waals surface area (Å²) >= 11 is 0. The van der Waals surface area contributed by atoms with Gasteiger partial charge in [0.15, 0.2) is 0 Å². The van der Waals surface area contributed by atoms with Gasteiger partial charge in [0.25, 0.3) is 6.18 Å². The average molecular weight is 160 g/mol. The first-order valence-corrected chi connectivity index (χ1v) is 1.17. The fourth-order valence-corrected chi connectivity index (χ4v) is 0. The second-order valence-corrected chi connectivity index (χ2v) is 0.675. The van der Waals surface area contributed by atoms with E-state index < -0.39 is 6.18 Å². The molecule has 0 amide bonds. The van der Waals surface area contributed by atoms with E-state index in [1.165, 1.54) is 0 Å². The summed E-state index contributed by atoms with van der Waals surface area (Å²) in [6.45, 7) is 2.38. The fourth-order valence-electron chi connectivity index (χ4n) is 0. The molecule has 4 heteroatoms. The van der Waals surface area contributed by atoms with Crippen LogP contribution in [0.2, 0.25) is 0 Å². The van der Waals surface area contributed by atoms with Crippen LogP contribution in [0.3, 0.4) is 0 Å². The average Bonchev–Trinajstić information content (AvgIpc) is 1.35. The first-order chi connectivity index (χ1) is 2.56. The zero-order valence-electron chi connectivity index (χ0n) is 3.55. The molecule has 0 aliphatic rings. The van der Waals surface area contributed by atoms with Gasteiger partial charge in [0.05, 0.1) is 0 Å². The van der Waals surface area contributed by atoms with E-state index in [1.807, 2.05) is 0 Å². The van der Waals surface area contributed by atoms with Crippen molar-refractivity contribution in [1.82, 2.24) is 0 Å². The topological polar surface area (TPSA) is 0 Å². The first kappa shape index (κ1) is 10.2. The van der Waals surface area contributed by atoms with Gasteiger partial charge in [0.2, 0.25) is 0 Å². The number of allylic oxidation sites excluding steroid dienone is 1. The van der Waals surface area contributed by atoms with Crippen LogP contribution in [-0.2, 0) is 19.5 Å². The van der Waals surface area contributed by atoms with Gasteiger partial charge >= 0.3 is 0 Å². The summed E-state index contributed by atoms with van der Waals surface area (Å²) in [5.41, 5.74) is 0. The summed E-state index contributed by atoms with van der Waals surface area (Å²) in [6, 6.07) is 0. The molecule has 7 heavy (non-hydrogen) atoms. The molecule has 0 aliphatic heterocycles. The molecule has 0 spiro atoms. The van der Waals surface area contributed by atoms with E-state index in [0.29, 0.717) is 0 Å². The van der Waals surface area contributed by atoms with Crippen LogP contribution in [0.25, 0.3) is 0 Å². The molecular formula is C3H2F3Zn-. The van der Waals surface area contributed by atoms with Crippen LogP contribution in [0.4, 0.5) is 13.2 Å². The van der Waals surface area contributed by atoms with E-state index in [2.05, 4.69) is 6.58 Å². The Morgan fingerprint density at radius 2 is 1.43 bits per heavy atom. The second kappa shape index (κ2) is 3.19. The van der Waals surface area contributed by atoms with Crippen molar-refractivity contribution in [3.63, 3.8) is 0 Å². The van der Waals surface area contributed by atoms with Crippen molar-refractivity contribution < 1.29 is 32.6 Å². The molecule has 0 rings (SSSR count). The summed E-state index contributed by atoms with van der Waals surface area (Å²) in [6.07, 6.45) is -3.47. The molecule has 0 aromatic carbocycles. The van der Waals surface area contributed by atoms with Gasteiger partial charge in [-0.1, -0.05) is 0 Å². The molecule has 38 valence electrons. The minimum absolute atomic E-state index is 0. The van der Waals surface area contributed by atoms with Crippen LogP contribution in [0.1, 0.15) is 0 Å². The Labute approximate surface area is 52.2 Å². The van der Waals surface area contributed by atoms with Crippen LogP contribution in [0.15, 0.2) is 6.58 Å². The van der Waals surface area contributed by atoms with Crippen molar-refractivity contribution in [2.45, 2.75) is 6.18 Å². The number of hydrogen-bond acceptors (Lipinski definition) is 0. The summed E-state index contributed by atoms with van der Waals surface area (Å²) in [5, 5.41) is 0. The van der Waals surface area contributed by atoms with E-state index in [-0.39, 0.29) is 19.5 Å². The fraction of sp³-hybridized carbons (Fsp3) is 0.333. The molecule has 0 N–H and O–H groups in total. The van der Waals surface area contributed by atoms with Crippen LogP contribution >= 0.6 is 0 Å². The van der Waals surface area contributed by atoms with E-state index in [0.717, 1.165) is 6.08 Å². The quantitative estimate of drug-likeness (QED) is 0.372. The van der Waals surface area contributed by atoms with E-state index in [9.17, 15) is 13.2 Å². The van der Waals surface area contributed by atoms with Crippen LogP contribution in [0.5, 0.6) is 0 Å². The SMILES string of the molecule is C=[C-]C(F)(F)F.[Zn]. The maximum atomic E-state index is 10.6. The largest absolute Gasteiger partial charge is 0.396 e. The molecule has 0 saturated heterocycles. The van der Waals surface area contributed by atoms with Gasteiger partial charge in [-0.25, -0.2) is 13.2 Å². The molecule has 0 unspecified atom stereocenters. The Morgan fingerprint density at radius 1 is 1.29 bits per heavy atom. The van der Waals surface area contributed by atoms with Gasteiger partial charge in [0, 0.05) is 19.5 Å². The molecule has 0 radical (unpaired) electrons. The first-order valence-electron chi connectivity index (χ1n) is 1.17. The van der Waals surface area contributed by atoms with E-state index >= 15 is 0 Å². The van der Waals surface area contributed by atoms with Gasteiger partial charge in [-0.15, -0.1) is 0 Å². The van der Waals surface area contributed by atoms with Gasteiger partial charge in [0.1, 0.15) is 0 Å². The number of hydrogen-bond donors (Lipinski definition) is 0. The predicted molar refractivity (Wildman–Crippen MR) is 14.9 cm³/mol. The van der Waals surface area contributed by atoms with E-state index in [4.69, 9.17) is 0 Å². The Hall–Kier alpha value is 0.153. The van der Waals surface area contributed by atoms with Gasteiger partial charge < -0.3 is 6.08 Å².